The highest BCUT2D eigenvalue weighted by atomic mass is 19.1. The summed E-state index contributed by atoms with van der Waals surface area (Å²) in [7, 11) is 0. The van der Waals surface area contributed by atoms with E-state index in [1.807, 2.05) is 19.9 Å². The predicted molar refractivity (Wildman–Crippen MR) is 177 cm³/mol. The number of anilines is 1. The molecular weight excluding hydrogens is 600 g/mol. The minimum atomic E-state index is -0.515. The van der Waals surface area contributed by atoms with Crippen LogP contribution in [-0.2, 0) is 11.2 Å². The fourth-order valence-corrected chi connectivity index (χ4v) is 8.81. The monoisotopic (exact) mass is 641 g/mol. The van der Waals surface area contributed by atoms with Gasteiger partial charge in [-0.25, -0.2) is 8.78 Å². The lowest BCUT2D eigenvalue weighted by Gasteiger charge is -2.34. The van der Waals surface area contributed by atoms with Gasteiger partial charge in [-0.2, -0.15) is 9.97 Å². The Balaban J connectivity index is 1.15. The third-order valence-corrected chi connectivity index (χ3v) is 11.4. The molecule has 4 bridgehead atoms. The van der Waals surface area contributed by atoms with Gasteiger partial charge < -0.3 is 24.8 Å². The van der Waals surface area contributed by atoms with Gasteiger partial charge in [0.1, 0.15) is 22.9 Å². The Labute approximate surface area is 273 Å². The summed E-state index contributed by atoms with van der Waals surface area (Å²) < 4.78 is 44.5. The molecule has 47 heavy (non-hydrogen) atoms. The van der Waals surface area contributed by atoms with E-state index in [2.05, 4.69) is 15.1 Å². The molecule has 246 valence electrons. The number of rotatable bonds is 8. The second-order valence-electron chi connectivity index (χ2n) is 14.7. The molecule has 1 aliphatic carbocycles. The largest absolute Gasteiger partial charge is 0.508 e. The van der Waals surface area contributed by atoms with Gasteiger partial charge >= 0.3 is 6.01 Å². The lowest BCUT2D eigenvalue weighted by atomic mass is 9.89. The van der Waals surface area contributed by atoms with Crippen LogP contribution >= 0.6 is 0 Å². The van der Waals surface area contributed by atoms with Crippen molar-refractivity contribution in [2.75, 3.05) is 44.3 Å². The van der Waals surface area contributed by atoms with E-state index in [-0.39, 0.29) is 28.5 Å². The van der Waals surface area contributed by atoms with Crippen LogP contribution in [0.25, 0.3) is 32.8 Å². The molecule has 2 unspecified atom stereocenters. The van der Waals surface area contributed by atoms with Crippen LogP contribution in [0.3, 0.4) is 0 Å². The van der Waals surface area contributed by atoms with Crippen molar-refractivity contribution in [1.82, 2.24) is 20.2 Å². The first-order chi connectivity index (χ1) is 22.8. The number of likely N-dealkylation sites (tertiary alicyclic amines) is 1. The molecule has 1 aromatic heterocycles. The smallest absolute Gasteiger partial charge is 0.319 e. The van der Waals surface area contributed by atoms with Crippen molar-refractivity contribution in [2.24, 2.45) is 5.41 Å². The molecule has 8 nitrogen and oxygen atoms in total. The van der Waals surface area contributed by atoms with E-state index >= 15 is 8.78 Å². The molecule has 5 fully saturated rings. The van der Waals surface area contributed by atoms with Crippen LogP contribution in [0.4, 0.5) is 14.6 Å². The number of nitrogens with one attached hydrogen (secondary N) is 1. The summed E-state index contributed by atoms with van der Waals surface area (Å²) in [4.78, 5) is 14.5. The highest BCUT2D eigenvalue weighted by Gasteiger charge is 2.49. The first-order valence-corrected chi connectivity index (χ1v) is 17.2. The summed E-state index contributed by atoms with van der Waals surface area (Å²) in [6.07, 6.45) is 6.28. The van der Waals surface area contributed by atoms with Crippen molar-refractivity contribution in [2.45, 2.75) is 76.6 Å². The fourth-order valence-electron chi connectivity index (χ4n) is 8.81. The lowest BCUT2D eigenvalue weighted by molar-refractivity contribution is 0.0176. The third-order valence-electron chi connectivity index (χ3n) is 11.4. The van der Waals surface area contributed by atoms with Crippen molar-refractivity contribution >= 4 is 27.5 Å². The number of aryl methyl sites for hydroxylation is 2. The van der Waals surface area contributed by atoms with Gasteiger partial charge in [-0.1, -0.05) is 13.0 Å². The van der Waals surface area contributed by atoms with Gasteiger partial charge in [0.2, 0.25) is 0 Å². The van der Waals surface area contributed by atoms with Crippen LogP contribution in [0.2, 0.25) is 0 Å². The van der Waals surface area contributed by atoms with Gasteiger partial charge in [0.25, 0.3) is 0 Å². The van der Waals surface area contributed by atoms with Crippen LogP contribution in [0, 0.1) is 24.0 Å². The fraction of sp³-hybridized carbons (Fsp3) is 0.514. The summed E-state index contributed by atoms with van der Waals surface area (Å²) in [5.74, 6) is -0.171. The number of fused-ring (bicyclic) bond motifs is 6. The predicted octanol–water partition coefficient (Wildman–Crippen LogP) is 5.88. The molecule has 5 heterocycles. The van der Waals surface area contributed by atoms with E-state index in [0.717, 1.165) is 64.9 Å². The molecule has 1 saturated carbocycles. The van der Waals surface area contributed by atoms with E-state index in [1.165, 1.54) is 6.07 Å². The first-order valence-electron chi connectivity index (χ1n) is 17.2. The number of hydrogen-bond donors (Lipinski definition) is 2. The molecule has 4 aliphatic heterocycles. The van der Waals surface area contributed by atoms with Gasteiger partial charge in [0.05, 0.1) is 19.3 Å². The molecule has 0 spiro atoms. The van der Waals surface area contributed by atoms with E-state index in [4.69, 9.17) is 19.4 Å². The number of hydrogen-bond acceptors (Lipinski definition) is 8. The number of morpholine rings is 1. The second kappa shape index (κ2) is 11.0. The molecular formula is C37H41F2N5O3. The number of benzene rings is 3. The quantitative estimate of drug-likeness (QED) is 0.247. The van der Waals surface area contributed by atoms with Crippen LogP contribution in [0.5, 0.6) is 11.8 Å². The van der Waals surface area contributed by atoms with Gasteiger partial charge in [-0.05, 0) is 97.2 Å². The summed E-state index contributed by atoms with van der Waals surface area (Å²) >= 11 is 0. The Morgan fingerprint density at radius 2 is 1.89 bits per heavy atom. The van der Waals surface area contributed by atoms with Crippen LogP contribution in [-0.4, -0.2) is 83.6 Å². The van der Waals surface area contributed by atoms with Gasteiger partial charge in [0.15, 0.2) is 5.82 Å². The van der Waals surface area contributed by atoms with Crippen LogP contribution in [0.15, 0.2) is 30.3 Å². The Morgan fingerprint density at radius 3 is 2.60 bits per heavy atom. The molecule has 4 atom stereocenters. The van der Waals surface area contributed by atoms with E-state index in [0.29, 0.717) is 81.5 Å². The third kappa shape index (κ3) is 5.02. The SMILES string of the molecule is CCc1c(F)ccc2cc(O)cc(-c3c(C)cc4c(N5CC6CCC(C5)N6)nc(OCC5(CN6C[C@@H]7C[C@H]6CO7)CC5)nc4c3F)c12. The molecule has 0 amide bonds. The van der Waals surface area contributed by atoms with Crippen molar-refractivity contribution in [3.05, 3.63) is 53.1 Å². The molecule has 10 heteroatoms. The maximum Gasteiger partial charge on any atom is 0.319 e. The number of piperazine rings is 1. The van der Waals surface area contributed by atoms with Crippen molar-refractivity contribution in [1.29, 1.82) is 0 Å². The summed E-state index contributed by atoms with van der Waals surface area (Å²) in [5, 5.41) is 16.3. The van der Waals surface area contributed by atoms with Crippen molar-refractivity contribution < 1.29 is 23.4 Å². The maximum atomic E-state index is 17.2. The van der Waals surface area contributed by atoms with E-state index < -0.39 is 5.82 Å². The summed E-state index contributed by atoms with van der Waals surface area (Å²) in [5.41, 5.74) is 2.16. The molecule has 4 saturated heterocycles. The standard InChI is InChI=1S/C37H41F2N5O3/c1-3-27-30(38)7-4-21-11-25(45)13-28(32(21)27)31-20(2)10-29-34(33(31)39)41-36(42-35(29)43-14-22-5-6-23(15-43)40-22)47-19-37(8-9-37)18-44-16-26-12-24(44)17-46-26/h4,7,10-11,13,22-24,26,40,45H,3,5-6,8-9,12,14-19H2,1-2H3/t22?,23?,24-,26-/m0/s1. The number of phenolic OH excluding ortho intramolecular Hbond substituents is 1. The minimum Gasteiger partial charge on any atom is -0.508 e. The van der Waals surface area contributed by atoms with E-state index in [1.54, 1.807) is 18.2 Å². The molecule has 2 N–H and O–H groups in total. The van der Waals surface area contributed by atoms with Crippen molar-refractivity contribution in [3.8, 4) is 22.9 Å². The Morgan fingerprint density at radius 1 is 1.09 bits per heavy atom. The zero-order valence-electron chi connectivity index (χ0n) is 27.0. The highest BCUT2D eigenvalue weighted by Crippen LogP contribution is 2.48. The Bertz CT molecular complexity index is 1900. The average Bonchev–Trinajstić information content (AvgIpc) is 3.32. The van der Waals surface area contributed by atoms with Gasteiger partial charge in [0, 0.05) is 60.7 Å². The molecule has 5 aliphatic rings. The highest BCUT2D eigenvalue weighted by molar-refractivity contribution is 6.04. The number of ether oxygens (including phenoxy) is 2. The Kier molecular flexibility index (Phi) is 6.89. The average molecular weight is 642 g/mol. The molecule has 9 rings (SSSR count). The number of aromatic nitrogens is 2. The minimum absolute atomic E-state index is 0.00346. The van der Waals surface area contributed by atoms with Gasteiger partial charge in [-0.3, -0.25) is 4.90 Å². The zero-order chi connectivity index (χ0) is 32.0. The van der Waals surface area contributed by atoms with Crippen LogP contribution in [0.1, 0.15) is 50.2 Å². The zero-order valence-corrected chi connectivity index (χ0v) is 27.0. The topological polar surface area (TPSA) is 83.0 Å². The second-order valence-corrected chi connectivity index (χ2v) is 14.7. The van der Waals surface area contributed by atoms with Crippen molar-refractivity contribution in [3.63, 3.8) is 0 Å². The molecule has 3 aromatic carbocycles. The number of phenols is 1. The lowest BCUT2D eigenvalue weighted by Crippen LogP contribution is -2.51. The van der Waals surface area contributed by atoms with Crippen LogP contribution < -0.4 is 15.0 Å². The molecule has 0 radical (unpaired) electrons. The maximum absolute atomic E-state index is 17.2. The normalized spacial score (nSPS) is 26.2. The molecule has 4 aromatic rings. The van der Waals surface area contributed by atoms with E-state index in [9.17, 15) is 5.11 Å². The first kappa shape index (κ1) is 29.5. The summed E-state index contributed by atoms with van der Waals surface area (Å²) in [6.45, 7) is 8.56. The summed E-state index contributed by atoms with van der Waals surface area (Å²) in [6, 6.07) is 9.55. The number of aromatic hydroxyl groups is 1. The van der Waals surface area contributed by atoms with Gasteiger partial charge in [-0.15, -0.1) is 0 Å². The number of halogens is 2. The number of nitrogens with zero attached hydrogens (tertiary/aromatic N) is 4. The Hall–Kier alpha value is -3.60.